The van der Waals surface area contributed by atoms with E-state index < -0.39 is 12.1 Å². The fourth-order valence-electron chi connectivity index (χ4n) is 3.94. The Balaban J connectivity index is 1.86. The van der Waals surface area contributed by atoms with Crippen LogP contribution < -0.4 is 5.73 Å². The number of nitrogens with zero attached hydrogens (tertiary/aromatic N) is 3. The Hall–Kier alpha value is -2.13. The summed E-state index contributed by atoms with van der Waals surface area (Å²) in [5.41, 5.74) is 5.47. The average molecular weight is 409 g/mol. The van der Waals surface area contributed by atoms with E-state index in [1.165, 1.54) is 0 Å². The summed E-state index contributed by atoms with van der Waals surface area (Å²) in [6.07, 6.45) is 0.954. The van der Waals surface area contributed by atoms with Gasteiger partial charge in [-0.2, -0.15) is 5.10 Å². The summed E-state index contributed by atoms with van der Waals surface area (Å²) < 4.78 is 6.71. The van der Waals surface area contributed by atoms with Crippen molar-refractivity contribution in [3.8, 4) is 5.75 Å². The number of primary amides is 1. The highest BCUT2D eigenvalue weighted by Gasteiger charge is 2.37. The number of phenolic OH excluding ortho intramolecular Hbond substituents is 1. The number of carbonyl (C=O) groups excluding carboxylic acids is 2. The van der Waals surface area contributed by atoms with Gasteiger partial charge in [0.15, 0.2) is 5.69 Å². The van der Waals surface area contributed by atoms with Gasteiger partial charge in [0.05, 0.1) is 21.4 Å². The predicted molar refractivity (Wildman–Crippen MR) is 92.3 cm³/mol. The molecule has 3 aliphatic heterocycles. The summed E-state index contributed by atoms with van der Waals surface area (Å²) in [5, 5.41) is 15.1. The van der Waals surface area contributed by atoms with Gasteiger partial charge in [0.25, 0.3) is 0 Å². The van der Waals surface area contributed by atoms with E-state index in [4.69, 9.17) is 5.73 Å². The molecule has 1 aromatic heterocycles. The number of ether oxygens (including phenoxy) is 1. The summed E-state index contributed by atoms with van der Waals surface area (Å²) in [4.78, 5) is 25.6. The van der Waals surface area contributed by atoms with Crippen molar-refractivity contribution in [2.75, 3.05) is 19.6 Å². The van der Waals surface area contributed by atoms with Crippen LogP contribution >= 0.6 is 15.9 Å². The van der Waals surface area contributed by atoms with Crippen molar-refractivity contribution in [3.05, 3.63) is 22.3 Å². The first-order chi connectivity index (χ1) is 12.0. The van der Waals surface area contributed by atoms with E-state index in [1.54, 1.807) is 16.8 Å². The van der Waals surface area contributed by atoms with Crippen LogP contribution in [0.1, 0.15) is 29.4 Å². The van der Waals surface area contributed by atoms with Gasteiger partial charge in [-0.25, -0.2) is 9.59 Å². The number of halogens is 1. The monoisotopic (exact) mass is 408 g/mol. The Morgan fingerprint density at radius 2 is 2.04 bits per heavy atom. The zero-order valence-corrected chi connectivity index (χ0v) is 14.9. The molecule has 25 heavy (non-hydrogen) atoms. The van der Waals surface area contributed by atoms with Crippen molar-refractivity contribution in [1.82, 2.24) is 14.7 Å². The minimum absolute atomic E-state index is 0.107. The van der Waals surface area contributed by atoms with Gasteiger partial charge < -0.3 is 20.5 Å². The predicted octanol–water partition coefficient (Wildman–Crippen LogP) is 2.01. The molecule has 0 aliphatic carbocycles. The van der Waals surface area contributed by atoms with Crippen LogP contribution in [0.2, 0.25) is 0 Å². The van der Waals surface area contributed by atoms with Crippen molar-refractivity contribution < 1.29 is 19.4 Å². The number of hydrogen-bond acceptors (Lipinski definition) is 6. The van der Waals surface area contributed by atoms with E-state index >= 15 is 0 Å². The largest absolute Gasteiger partial charge is 0.506 e. The van der Waals surface area contributed by atoms with Crippen LogP contribution in [-0.4, -0.2) is 51.5 Å². The van der Waals surface area contributed by atoms with Crippen molar-refractivity contribution in [1.29, 1.82) is 0 Å². The molecular formula is C16H17BrN4O4. The Morgan fingerprint density at radius 1 is 1.32 bits per heavy atom. The van der Waals surface area contributed by atoms with Gasteiger partial charge in [-0.15, -0.1) is 0 Å². The van der Waals surface area contributed by atoms with E-state index in [0.717, 1.165) is 32.5 Å². The number of fused-ring (bicyclic) bond motifs is 4. The summed E-state index contributed by atoms with van der Waals surface area (Å²) >= 11 is 3.25. The normalized spacial score (nSPS) is 25.2. The lowest BCUT2D eigenvalue weighted by molar-refractivity contribution is 0.0518. The summed E-state index contributed by atoms with van der Waals surface area (Å²) in [6.45, 7) is 3.00. The number of aromatic hydroxyl groups is 1. The molecule has 3 fully saturated rings. The first-order valence-corrected chi connectivity index (χ1v) is 8.88. The smallest absolute Gasteiger partial charge is 0.412 e. The molecule has 2 bridgehead atoms. The number of rotatable bonds is 2. The van der Waals surface area contributed by atoms with E-state index in [-0.39, 0.29) is 22.9 Å². The molecule has 0 unspecified atom stereocenters. The van der Waals surface area contributed by atoms with Gasteiger partial charge in [0.1, 0.15) is 5.75 Å². The maximum atomic E-state index is 12.3. The van der Waals surface area contributed by atoms with Gasteiger partial charge in [-0.05, 0) is 59.9 Å². The second-order valence-corrected chi connectivity index (χ2v) is 7.35. The van der Waals surface area contributed by atoms with Crippen molar-refractivity contribution in [2.45, 2.75) is 18.9 Å². The van der Waals surface area contributed by atoms with Crippen LogP contribution in [0.4, 0.5) is 4.79 Å². The molecule has 4 heterocycles. The van der Waals surface area contributed by atoms with Crippen molar-refractivity contribution in [3.63, 3.8) is 0 Å². The second kappa shape index (κ2) is 5.99. The van der Waals surface area contributed by atoms with E-state index in [9.17, 15) is 14.7 Å². The zero-order valence-electron chi connectivity index (χ0n) is 13.3. The van der Waals surface area contributed by atoms with Gasteiger partial charge in [-0.3, -0.25) is 4.68 Å². The van der Waals surface area contributed by atoms with Gasteiger partial charge in [0.2, 0.25) is 0 Å². The van der Waals surface area contributed by atoms with Crippen LogP contribution in [0.25, 0.3) is 10.9 Å². The molecule has 3 N–H and O–H groups in total. The molecule has 132 valence electrons. The maximum Gasteiger partial charge on any atom is 0.412 e. The van der Waals surface area contributed by atoms with E-state index in [1.807, 2.05) is 0 Å². The fourth-order valence-corrected chi connectivity index (χ4v) is 4.27. The first-order valence-electron chi connectivity index (χ1n) is 8.09. The van der Waals surface area contributed by atoms with Crippen LogP contribution in [-0.2, 0) is 4.74 Å². The number of esters is 1. The second-order valence-electron chi connectivity index (χ2n) is 6.50. The number of carbonyl (C=O) groups is 2. The number of piperidine rings is 3. The lowest BCUT2D eigenvalue weighted by Crippen LogP contribution is -2.48. The van der Waals surface area contributed by atoms with Crippen LogP contribution in [0.15, 0.2) is 16.6 Å². The molecule has 0 saturated carbocycles. The molecule has 3 saturated heterocycles. The van der Waals surface area contributed by atoms with E-state index in [0.29, 0.717) is 15.9 Å². The highest BCUT2D eigenvalue weighted by Crippen LogP contribution is 2.40. The van der Waals surface area contributed by atoms with Crippen molar-refractivity contribution in [2.24, 2.45) is 11.7 Å². The Labute approximate surface area is 151 Å². The molecule has 3 aliphatic rings. The quantitative estimate of drug-likeness (QED) is 0.580. The lowest BCUT2D eigenvalue weighted by Gasteiger charge is -2.44. The molecule has 0 spiro atoms. The molecule has 5 rings (SSSR count). The summed E-state index contributed by atoms with van der Waals surface area (Å²) in [5.74, 6) is -0.605. The molecule has 1 aromatic carbocycles. The molecule has 1 atom stereocenters. The number of hydrogen-bond donors (Lipinski definition) is 2. The maximum absolute atomic E-state index is 12.3. The number of amides is 1. The Kier molecular flexibility index (Phi) is 3.92. The SMILES string of the molecule is NC(=O)OC(=O)c1nn([C@@H]2CN3CCC2CC3)c2ccc(Br)c(O)c12. The third-order valence-electron chi connectivity index (χ3n) is 5.12. The summed E-state index contributed by atoms with van der Waals surface area (Å²) in [6, 6.07) is 3.62. The Morgan fingerprint density at radius 3 is 2.64 bits per heavy atom. The average Bonchev–Trinajstić information content (AvgIpc) is 2.99. The van der Waals surface area contributed by atoms with Crippen LogP contribution in [0.5, 0.6) is 5.75 Å². The fraction of sp³-hybridized carbons (Fsp3) is 0.438. The molecular weight excluding hydrogens is 392 g/mol. The topological polar surface area (TPSA) is 111 Å². The highest BCUT2D eigenvalue weighted by atomic mass is 79.9. The molecule has 9 heteroatoms. The molecule has 8 nitrogen and oxygen atoms in total. The Bertz CT molecular complexity index is 873. The lowest BCUT2D eigenvalue weighted by atomic mass is 9.84. The highest BCUT2D eigenvalue weighted by molar-refractivity contribution is 9.10. The summed E-state index contributed by atoms with van der Waals surface area (Å²) in [7, 11) is 0. The number of phenols is 1. The van der Waals surface area contributed by atoms with E-state index in [2.05, 4.69) is 30.7 Å². The van der Waals surface area contributed by atoms with Gasteiger partial charge in [-0.1, -0.05) is 0 Å². The molecule has 2 aromatic rings. The molecule has 1 amide bonds. The van der Waals surface area contributed by atoms with Gasteiger partial charge >= 0.3 is 12.1 Å². The minimum Gasteiger partial charge on any atom is -0.506 e. The van der Waals surface area contributed by atoms with Gasteiger partial charge in [0, 0.05) is 6.54 Å². The number of aromatic nitrogens is 2. The first kappa shape index (κ1) is 16.3. The van der Waals surface area contributed by atoms with Crippen LogP contribution in [0, 0.1) is 5.92 Å². The standard InChI is InChI=1S/C16H17BrN4O4/c17-9-1-2-10-12(14(9)22)13(15(23)25-16(18)24)19-21(10)11-7-20-5-3-8(11)4-6-20/h1-2,8,11,22H,3-7H2,(H2,18,24)/t11-/m1/s1. The third kappa shape index (κ3) is 2.67. The van der Waals surface area contributed by atoms with Crippen LogP contribution in [0.3, 0.4) is 0 Å². The minimum atomic E-state index is -1.20. The number of nitrogens with two attached hydrogens (primary N) is 1. The molecule has 0 radical (unpaired) electrons. The third-order valence-corrected chi connectivity index (χ3v) is 5.76. The zero-order chi connectivity index (χ0) is 17.7. The number of benzene rings is 1. The van der Waals surface area contributed by atoms with Crippen molar-refractivity contribution >= 4 is 38.9 Å².